The molecule has 0 fully saturated rings. The molecule has 0 aromatic heterocycles. The van der Waals surface area contributed by atoms with Crippen molar-refractivity contribution in [3.05, 3.63) is 70.0 Å². The maximum absolute atomic E-state index is 12.8. The van der Waals surface area contributed by atoms with Crippen molar-refractivity contribution < 1.29 is 17.7 Å². The molecule has 0 bridgehead atoms. The highest BCUT2D eigenvalue weighted by Crippen LogP contribution is 2.15. The smallest absolute Gasteiger partial charge is 0.258 e. The van der Waals surface area contributed by atoms with Crippen molar-refractivity contribution in [2.75, 3.05) is 0 Å². The number of hydrogen-bond acceptors (Lipinski definition) is 5. The number of para-hydroxylation sites is 1. The van der Waals surface area contributed by atoms with Gasteiger partial charge in [-0.05, 0) is 30.3 Å². The number of rotatable bonds is 5. The monoisotopic (exact) mass is 323 g/mol. The summed E-state index contributed by atoms with van der Waals surface area (Å²) in [7, 11) is -3.96. The summed E-state index contributed by atoms with van der Waals surface area (Å²) in [6.45, 7) is 0. The molecular weight excluding hydrogens is 313 g/mol. The van der Waals surface area contributed by atoms with E-state index in [1.807, 2.05) is 4.83 Å². The van der Waals surface area contributed by atoms with Crippen molar-refractivity contribution >= 4 is 21.9 Å². The third kappa shape index (κ3) is 3.64. The lowest BCUT2D eigenvalue weighted by Crippen LogP contribution is -2.18. The molecule has 0 aliphatic carbocycles. The summed E-state index contributed by atoms with van der Waals surface area (Å²) in [5, 5.41) is 14.3. The third-order valence-corrected chi connectivity index (χ3v) is 3.87. The van der Waals surface area contributed by atoms with E-state index >= 15 is 0 Å². The number of halogens is 1. The van der Waals surface area contributed by atoms with Crippen molar-refractivity contribution in [2.45, 2.75) is 4.90 Å². The van der Waals surface area contributed by atoms with Crippen LogP contribution in [0.15, 0.2) is 58.5 Å². The van der Waals surface area contributed by atoms with Crippen molar-refractivity contribution in [2.24, 2.45) is 5.10 Å². The van der Waals surface area contributed by atoms with Crippen molar-refractivity contribution in [3.8, 4) is 0 Å². The largest absolute Gasteiger partial charge is 0.278 e. The van der Waals surface area contributed by atoms with Gasteiger partial charge >= 0.3 is 0 Å². The maximum atomic E-state index is 12.8. The molecule has 2 rings (SSSR count). The fraction of sp³-hybridized carbons (Fsp3) is 0. The van der Waals surface area contributed by atoms with E-state index < -0.39 is 20.8 Å². The highest BCUT2D eigenvalue weighted by atomic mass is 32.2. The predicted molar refractivity (Wildman–Crippen MR) is 77.4 cm³/mol. The van der Waals surface area contributed by atoms with Gasteiger partial charge in [-0.25, -0.2) is 9.22 Å². The van der Waals surface area contributed by atoms with Gasteiger partial charge in [0.1, 0.15) is 5.82 Å². The normalized spacial score (nSPS) is 11.5. The van der Waals surface area contributed by atoms with E-state index in [-0.39, 0.29) is 16.1 Å². The Morgan fingerprint density at radius 3 is 2.41 bits per heavy atom. The average Bonchev–Trinajstić information content (AvgIpc) is 2.48. The molecule has 0 atom stereocenters. The summed E-state index contributed by atoms with van der Waals surface area (Å²) in [5.74, 6) is -0.567. The molecule has 0 saturated heterocycles. The van der Waals surface area contributed by atoms with Crippen LogP contribution in [0, 0.1) is 15.9 Å². The second-order valence-corrected chi connectivity index (χ2v) is 5.78. The maximum Gasteiger partial charge on any atom is 0.278 e. The van der Waals surface area contributed by atoms with Crippen LogP contribution in [0.25, 0.3) is 0 Å². The van der Waals surface area contributed by atoms with E-state index in [0.29, 0.717) is 0 Å². The SMILES string of the molecule is O=[N+]([O-])c1ccccc1/C=N/NS(=O)(=O)c1ccc(F)cc1. The van der Waals surface area contributed by atoms with Gasteiger partial charge < -0.3 is 0 Å². The summed E-state index contributed by atoms with van der Waals surface area (Å²) in [5.41, 5.74) is -0.0541. The molecule has 114 valence electrons. The number of hydrazone groups is 1. The Morgan fingerprint density at radius 1 is 1.14 bits per heavy atom. The van der Waals surface area contributed by atoms with Gasteiger partial charge in [0.2, 0.25) is 0 Å². The highest BCUT2D eigenvalue weighted by molar-refractivity contribution is 7.89. The molecular formula is C13H10FN3O4S. The number of benzene rings is 2. The summed E-state index contributed by atoms with van der Waals surface area (Å²) in [6.07, 6.45) is 1.03. The van der Waals surface area contributed by atoms with Gasteiger partial charge in [0.15, 0.2) is 0 Å². The highest BCUT2D eigenvalue weighted by Gasteiger charge is 2.13. The molecule has 2 aromatic carbocycles. The standard InChI is InChI=1S/C13H10FN3O4S/c14-11-5-7-12(8-6-11)22(20,21)16-15-9-10-3-1-2-4-13(10)17(18)19/h1-9,16H/b15-9+. The zero-order valence-corrected chi connectivity index (χ0v) is 11.8. The molecule has 22 heavy (non-hydrogen) atoms. The lowest BCUT2D eigenvalue weighted by atomic mass is 10.2. The van der Waals surface area contributed by atoms with E-state index in [4.69, 9.17) is 0 Å². The molecule has 0 heterocycles. The molecule has 0 amide bonds. The Morgan fingerprint density at radius 2 is 1.77 bits per heavy atom. The van der Waals surface area contributed by atoms with E-state index in [1.165, 1.54) is 18.2 Å². The summed E-state index contributed by atoms with van der Waals surface area (Å²) < 4.78 is 36.5. The molecule has 7 nitrogen and oxygen atoms in total. The van der Waals surface area contributed by atoms with Crippen LogP contribution in [0.5, 0.6) is 0 Å². The molecule has 1 N–H and O–H groups in total. The summed E-state index contributed by atoms with van der Waals surface area (Å²) >= 11 is 0. The molecule has 0 radical (unpaired) electrons. The minimum absolute atomic E-state index is 0.148. The number of nitrogens with one attached hydrogen (secondary N) is 1. The van der Waals surface area contributed by atoms with Gasteiger partial charge in [-0.2, -0.15) is 13.5 Å². The third-order valence-electron chi connectivity index (χ3n) is 2.63. The van der Waals surface area contributed by atoms with Crippen molar-refractivity contribution in [1.29, 1.82) is 0 Å². The van der Waals surface area contributed by atoms with E-state index in [9.17, 15) is 22.9 Å². The molecule has 0 aliphatic heterocycles. The fourth-order valence-corrected chi connectivity index (χ4v) is 2.39. The van der Waals surface area contributed by atoms with E-state index in [2.05, 4.69) is 5.10 Å². The summed E-state index contributed by atoms with van der Waals surface area (Å²) in [6, 6.07) is 9.90. The van der Waals surface area contributed by atoms with Crippen LogP contribution in [-0.2, 0) is 10.0 Å². The van der Waals surface area contributed by atoms with E-state index in [0.717, 1.165) is 30.5 Å². The van der Waals surface area contributed by atoms with Crippen LogP contribution in [0.4, 0.5) is 10.1 Å². The Labute approximate surface area is 125 Å². The second kappa shape index (κ2) is 6.31. The van der Waals surface area contributed by atoms with Gasteiger partial charge in [-0.3, -0.25) is 10.1 Å². The quantitative estimate of drug-likeness (QED) is 0.517. The Kier molecular flexibility index (Phi) is 4.47. The van der Waals surface area contributed by atoms with Crippen LogP contribution < -0.4 is 4.83 Å². The van der Waals surface area contributed by atoms with Gasteiger partial charge in [0, 0.05) is 6.07 Å². The molecule has 2 aromatic rings. The molecule has 0 aliphatic rings. The first-order valence-corrected chi connectivity index (χ1v) is 7.42. The number of nitrogens with zero attached hydrogens (tertiary/aromatic N) is 2. The number of sulfonamides is 1. The van der Waals surface area contributed by atoms with Gasteiger partial charge in [0.05, 0.1) is 21.6 Å². The predicted octanol–water partition coefficient (Wildman–Crippen LogP) is 2.05. The molecule has 0 spiro atoms. The number of hydrogen-bond donors (Lipinski definition) is 1. The average molecular weight is 323 g/mol. The number of nitro groups is 1. The molecule has 0 unspecified atom stereocenters. The topological polar surface area (TPSA) is 102 Å². The number of nitro benzene ring substituents is 1. The first-order valence-electron chi connectivity index (χ1n) is 5.94. The zero-order valence-electron chi connectivity index (χ0n) is 11.0. The Bertz CT molecular complexity index is 819. The van der Waals surface area contributed by atoms with Crippen LogP contribution >= 0.6 is 0 Å². The Balaban J connectivity index is 2.19. The van der Waals surface area contributed by atoms with Crippen LogP contribution in [0.3, 0.4) is 0 Å². The van der Waals surface area contributed by atoms with Crippen molar-refractivity contribution in [3.63, 3.8) is 0 Å². The minimum atomic E-state index is -3.96. The fourth-order valence-electron chi connectivity index (χ4n) is 1.59. The lowest BCUT2D eigenvalue weighted by molar-refractivity contribution is -0.385. The zero-order chi connectivity index (χ0) is 16.2. The van der Waals surface area contributed by atoms with Gasteiger partial charge in [-0.15, -0.1) is 0 Å². The van der Waals surface area contributed by atoms with Crippen LogP contribution in [-0.4, -0.2) is 19.6 Å². The molecule has 0 saturated carbocycles. The van der Waals surface area contributed by atoms with E-state index in [1.54, 1.807) is 6.07 Å². The van der Waals surface area contributed by atoms with Crippen LogP contribution in [0.1, 0.15) is 5.56 Å². The van der Waals surface area contributed by atoms with Crippen LogP contribution in [0.2, 0.25) is 0 Å². The summed E-state index contributed by atoms with van der Waals surface area (Å²) in [4.78, 5) is 11.9. The Hall–Kier alpha value is -2.81. The first kappa shape index (κ1) is 15.6. The van der Waals surface area contributed by atoms with Gasteiger partial charge in [0.25, 0.3) is 15.7 Å². The van der Waals surface area contributed by atoms with Crippen molar-refractivity contribution in [1.82, 2.24) is 4.83 Å². The second-order valence-electron chi connectivity index (χ2n) is 4.12. The molecule has 9 heteroatoms. The first-order chi connectivity index (χ1) is 10.4. The van der Waals surface area contributed by atoms with Gasteiger partial charge in [-0.1, -0.05) is 12.1 Å². The lowest BCUT2D eigenvalue weighted by Gasteiger charge is -2.03. The minimum Gasteiger partial charge on any atom is -0.258 e.